The number of sulfonamides is 1. The van der Waals surface area contributed by atoms with Gasteiger partial charge in [0.05, 0.1) is 63.0 Å². The summed E-state index contributed by atoms with van der Waals surface area (Å²) in [5.74, 6) is 0.444. The fraction of sp³-hybridized carbons (Fsp3) is 0.625. The lowest BCUT2D eigenvalue weighted by Crippen LogP contribution is -2.52. The van der Waals surface area contributed by atoms with Gasteiger partial charge < -0.3 is 42.8 Å². The molecule has 1 amide bonds. The molecular weight excluding hydrogens is 763 g/mol. The summed E-state index contributed by atoms with van der Waals surface area (Å²) in [4.78, 5) is 13.6. The molecular formula is C40H61N2O12PS. The van der Waals surface area contributed by atoms with Gasteiger partial charge in [-0.2, -0.15) is 4.31 Å². The average Bonchev–Trinajstić information content (AvgIpc) is 3.82. The SMILES string of the molecule is C=C(CN(CC(OCCCC)C(Cc1ccccc1)NC(=O)OC1COC2OCCC12)S(=O)(=O)c1ccc(OC)cc1)OCP(=O)(OCCCC)OCCCC. The maximum atomic E-state index is 14.5. The van der Waals surface area contributed by atoms with Crippen LogP contribution in [0.1, 0.15) is 71.3 Å². The Morgan fingerprint density at radius 1 is 0.964 bits per heavy atom. The van der Waals surface area contributed by atoms with Crippen molar-refractivity contribution >= 4 is 23.7 Å². The highest BCUT2D eigenvalue weighted by atomic mass is 32.2. The molecule has 314 valence electrons. The third kappa shape index (κ3) is 14.1. The van der Waals surface area contributed by atoms with Gasteiger partial charge in [0, 0.05) is 13.2 Å². The Morgan fingerprint density at radius 2 is 1.62 bits per heavy atom. The minimum Gasteiger partial charge on any atom is -0.497 e. The molecule has 0 aliphatic carbocycles. The van der Waals surface area contributed by atoms with E-state index in [0.717, 1.165) is 24.8 Å². The van der Waals surface area contributed by atoms with Gasteiger partial charge in [-0.15, -0.1) is 0 Å². The lowest BCUT2D eigenvalue weighted by Gasteiger charge is -2.33. The van der Waals surface area contributed by atoms with E-state index in [-0.39, 0.29) is 49.5 Å². The van der Waals surface area contributed by atoms with Crippen molar-refractivity contribution in [2.45, 2.75) is 102 Å². The highest BCUT2D eigenvalue weighted by Crippen LogP contribution is 2.49. The van der Waals surface area contributed by atoms with E-state index >= 15 is 0 Å². The Labute approximate surface area is 333 Å². The first-order valence-electron chi connectivity index (χ1n) is 19.7. The summed E-state index contributed by atoms with van der Waals surface area (Å²) in [7, 11) is -6.44. The summed E-state index contributed by atoms with van der Waals surface area (Å²) in [6, 6.07) is 14.8. The van der Waals surface area contributed by atoms with E-state index in [1.165, 1.54) is 23.5 Å². The molecule has 2 aliphatic heterocycles. The number of hydrogen-bond acceptors (Lipinski definition) is 12. The second-order valence-electron chi connectivity index (χ2n) is 13.9. The number of rotatable bonds is 27. The van der Waals surface area contributed by atoms with Gasteiger partial charge in [-0.3, -0.25) is 4.57 Å². The molecule has 5 unspecified atom stereocenters. The minimum atomic E-state index is -4.25. The molecule has 0 spiro atoms. The number of alkyl carbamates (subject to hydrolysis) is 1. The van der Waals surface area contributed by atoms with Gasteiger partial charge in [0.1, 0.15) is 17.6 Å². The summed E-state index contributed by atoms with van der Waals surface area (Å²) in [5, 5.41) is 3.01. The molecule has 4 rings (SSSR count). The van der Waals surface area contributed by atoms with E-state index in [0.29, 0.717) is 51.1 Å². The largest absolute Gasteiger partial charge is 0.497 e. The lowest BCUT2D eigenvalue weighted by atomic mass is 10.0. The van der Waals surface area contributed by atoms with E-state index in [1.54, 1.807) is 12.1 Å². The number of unbranched alkanes of at least 4 members (excludes halogenated alkanes) is 3. The summed E-state index contributed by atoms with van der Waals surface area (Å²) < 4.78 is 90.1. The smallest absolute Gasteiger partial charge is 0.407 e. The van der Waals surface area contributed by atoms with Gasteiger partial charge >= 0.3 is 13.7 Å². The van der Waals surface area contributed by atoms with Gasteiger partial charge in [-0.1, -0.05) is 76.9 Å². The van der Waals surface area contributed by atoms with Gasteiger partial charge in [0.15, 0.2) is 12.6 Å². The first-order chi connectivity index (χ1) is 27.0. The van der Waals surface area contributed by atoms with Crippen LogP contribution in [0.25, 0.3) is 0 Å². The second kappa shape index (κ2) is 23.4. The molecule has 0 aromatic heterocycles. The minimum absolute atomic E-state index is 0.00331. The van der Waals surface area contributed by atoms with Crippen molar-refractivity contribution in [3.8, 4) is 5.75 Å². The topological polar surface area (TPSA) is 157 Å². The number of ether oxygens (including phenoxy) is 6. The molecule has 16 heteroatoms. The van der Waals surface area contributed by atoms with E-state index in [9.17, 15) is 17.8 Å². The molecule has 1 N–H and O–H groups in total. The number of carbonyl (C=O) groups excluding carboxylic acids is 1. The van der Waals surface area contributed by atoms with Crippen LogP contribution in [0.5, 0.6) is 5.75 Å². The number of benzene rings is 2. The van der Waals surface area contributed by atoms with E-state index in [1.807, 2.05) is 51.1 Å². The quantitative estimate of drug-likeness (QED) is 0.0546. The second-order valence-corrected chi connectivity index (χ2v) is 17.9. The maximum Gasteiger partial charge on any atom is 0.407 e. The molecule has 2 aromatic carbocycles. The number of fused-ring (bicyclic) bond motifs is 1. The molecule has 14 nitrogen and oxygen atoms in total. The average molecular weight is 825 g/mol. The number of amides is 1. The Kier molecular flexibility index (Phi) is 19.1. The number of carbonyl (C=O) groups is 1. The summed E-state index contributed by atoms with van der Waals surface area (Å²) in [6.45, 7) is 11.0. The predicted octanol–water partition coefficient (Wildman–Crippen LogP) is 7.28. The van der Waals surface area contributed by atoms with Crippen LogP contribution in [0.4, 0.5) is 4.79 Å². The first-order valence-corrected chi connectivity index (χ1v) is 22.9. The third-order valence-corrected chi connectivity index (χ3v) is 13.0. The van der Waals surface area contributed by atoms with E-state index < -0.39 is 54.6 Å². The molecule has 2 fully saturated rings. The van der Waals surface area contributed by atoms with Crippen molar-refractivity contribution in [1.82, 2.24) is 9.62 Å². The number of nitrogens with zero attached hydrogens (tertiary/aromatic N) is 1. The lowest BCUT2D eigenvalue weighted by molar-refractivity contribution is -0.0907. The molecule has 5 atom stereocenters. The maximum absolute atomic E-state index is 14.5. The zero-order valence-electron chi connectivity index (χ0n) is 33.3. The Bertz CT molecular complexity index is 1620. The number of methoxy groups -OCH3 is 1. The highest BCUT2D eigenvalue weighted by Gasteiger charge is 2.44. The molecule has 0 radical (unpaired) electrons. The summed E-state index contributed by atoms with van der Waals surface area (Å²) in [5.41, 5.74) is 0.898. The van der Waals surface area contributed by atoms with Crippen LogP contribution in [0.3, 0.4) is 0 Å². The van der Waals surface area contributed by atoms with Crippen molar-refractivity contribution in [2.24, 2.45) is 5.92 Å². The standard InChI is InChI=1S/C40H61N2O12PS/c1-6-9-22-48-37(36(26-32-15-13-12-14-16-32)41-40(43)54-38-29-50-39-35(38)21-25-49-39)28-42(56(45,46)34-19-17-33(47-5)18-20-34)27-31(4)51-30-55(44,52-23-10-7-2)53-24-11-8-3/h12-20,35-39H,4,6-11,21-30H2,1-3,5H3,(H,41,43). The molecule has 2 heterocycles. The Balaban J connectivity index is 1.63. The molecule has 0 saturated carbocycles. The zero-order valence-corrected chi connectivity index (χ0v) is 35.0. The van der Waals surface area contributed by atoms with E-state index in [2.05, 4.69) is 11.9 Å². The molecule has 56 heavy (non-hydrogen) atoms. The normalized spacial score (nSPS) is 19.3. The fourth-order valence-electron chi connectivity index (χ4n) is 6.25. The fourth-order valence-corrected chi connectivity index (χ4v) is 9.07. The molecule has 2 saturated heterocycles. The summed E-state index contributed by atoms with van der Waals surface area (Å²) in [6.07, 6.45) is 2.75. The number of nitrogens with one attached hydrogen (secondary N) is 1. The Morgan fingerprint density at radius 3 is 2.27 bits per heavy atom. The van der Waals surface area contributed by atoms with Gasteiger partial charge in [0.25, 0.3) is 0 Å². The van der Waals surface area contributed by atoms with Gasteiger partial charge in [-0.25, -0.2) is 13.2 Å². The molecule has 0 bridgehead atoms. The van der Waals surface area contributed by atoms with Crippen molar-refractivity contribution in [1.29, 1.82) is 0 Å². The van der Waals surface area contributed by atoms with Crippen LogP contribution in [-0.4, -0.2) is 103 Å². The first kappa shape index (κ1) is 45.7. The van der Waals surface area contributed by atoms with Crippen LogP contribution in [-0.2, 0) is 53.7 Å². The van der Waals surface area contributed by atoms with Crippen LogP contribution in [0.15, 0.2) is 71.8 Å². The van der Waals surface area contributed by atoms with Gasteiger partial charge in [0.2, 0.25) is 10.0 Å². The van der Waals surface area contributed by atoms with Crippen molar-refractivity contribution in [3.63, 3.8) is 0 Å². The highest BCUT2D eigenvalue weighted by molar-refractivity contribution is 7.89. The van der Waals surface area contributed by atoms with Crippen LogP contribution < -0.4 is 10.1 Å². The monoisotopic (exact) mass is 824 g/mol. The van der Waals surface area contributed by atoms with Crippen molar-refractivity contribution in [3.05, 3.63) is 72.5 Å². The van der Waals surface area contributed by atoms with Crippen LogP contribution >= 0.6 is 7.60 Å². The summed E-state index contributed by atoms with van der Waals surface area (Å²) >= 11 is 0. The van der Waals surface area contributed by atoms with E-state index in [4.69, 9.17) is 37.5 Å². The number of hydrogen-bond donors (Lipinski definition) is 1. The van der Waals surface area contributed by atoms with Crippen LogP contribution in [0.2, 0.25) is 0 Å². The van der Waals surface area contributed by atoms with Crippen molar-refractivity contribution in [2.75, 3.05) is 59.6 Å². The third-order valence-electron chi connectivity index (χ3n) is 9.56. The van der Waals surface area contributed by atoms with Crippen LogP contribution in [0, 0.1) is 5.92 Å². The molecule has 2 aliphatic rings. The van der Waals surface area contributed by atoms with Gasteiger partial charge in [-0.05, 0) is 61.9 Å². The van der Waals surface area contributed by atoms with Crippen molar-refractivity contribution < 1.29 is 55.2 Å². The molecule has 2 aromatic rings. The Hall–Kier alpha value is -3.01. The zero-order chi connectivity index (χ0) is 40.4. The predicted molar refractivity (Wildman–Crippen MR) is 212 cm³/mol.